The van der Waals surface area contributed by atoms with Gasteiger partial charge >= 0.3 is 6.18 Å². The zero-order chi connectivity index (χ0) is 24.0. The van der Waals surface area contributed by atoms with Crippen LogP contribution in [0.1, 0.15) is 27.3 Å². The Labute approximate surface area is 192 Å². The molecule has 0 atom stereocenters. The number of amides is 1. The monoisotopic (exact) mass is 463 g/mol. The molecule has 0 aliphatic rings. The van der Waals surface area contributed by atoms with Gasteiger partial charge in [0, 0.05) is 42.6 Å². The summed E-state index contributed by atoms with van der Waals surface area (Å²) in [6.07, 6.45) is -1.08. The first-order valence-electron chi connectivity index (χ1n) is 10.6. The van der Waals surface area contributed by atoms with E-state index in [4.69, 9.17) is 0 Å². The van der Waals surface area contributed by atoms with Crippen LogP contribution in [0.25, 0.3) is 27.8 Å². The van der Waals surface area contributed by atoms with Crippen LogP contribution in [-0.4, -0.2) is 25.0 Å². The van der Waals surface area contributed by atoms with E-state index in [2.05, 4.69) is 15.3 Å². The third-order valence-corrected chi connectivity index (χ3v) is 5.92. The molecule has 5 aromatic rings. The molecule has 0 spiro atoms. The highest BCUT2D eigenvalue weighted by molar-refractivity contribution is 6.09. The molecular formula is C25H20F3N5O. The Morgan fingerprint density at radius 2 is 1.74 bits per heavy atom. The van der Waals surface area contributed by atoms with E-state index in [0.29, 0.717) is 23.4 Å². The predicted molar refractivity (Wildman–Crippen MR) is 123 cm³/mol. The number of nitrogens with one attached hydrogen (secondary N) is 1. The Morgan fingerprint density at radius 3 is 2.41 bits per heavy atom. The van der Waals surface area contributed by atoms with Crippen molar-refractivity contribution in [1.29, 1.82) is 0 Å². The summed E-state index contributed by atoms with van der Waals surface area (Å²) in [4.78, 5) is 21.4. The molecule has 2 aromatic carbocycles. The first-order chi connectivity index (χ1) is 16.2. The largest absolute Gasteiger partial charge is 0.416 e. The number of alkyl halides is 3. The van der Waals surface area contributed by atoms with E-state index in [1.165, 1.54) is 12.1 Å². The first-order valence-corrected chi connectivity index (χ1v) is 10.6. The highest BCUT2D eigenvalue weighted by Gasteiger charge is 2.30. The minimum absolute atomic E-state index is 0.229. The molecule has 0 unspecified atom stereocenters. The minimum atomic E-state index is -4.41. The molecule has 5 rings (SSSR count). The lowest BCUT2D eigenvalue weighted by atomic mass is 10.1. The average Bonchev–Trinajstić information content (AvgIpc) is 3.30. The van der Waals surface area contributed by atoms with Gasteiger partial charge in [-0.1, -0.05) is 0 Å². The molecule has 0 bridgehead atoms. The number of aryl methyl sites for hydroxylation is 2. The van der Waals surface area contributed by atoms with Crippen LogP contribution in [-0.2, 0) is 19.8 Å². The van der Waals surface area contributed by atoms with E-state index < -0.39 is 11.7 Å². The fraction of sp³-hybridized carbons (Fsp3) is 0.160. The van der Waals surface area contributed by atoms with Crippen molar-refractivity contribution in [1.82, 2.24) is 24.4 Å². The maximum absolute atomic E-state index is 13.1. The molecule has 3 aromatic heterocycles. The summed E-state index contributed by atoms with van der Waals surface area (Å²) in [5, 5.41) is 3.69. The average molecular weight is 463 g/mol. The third-order valence-electron chi connectivity index (χ3n) is 5.92. The summed E-state index contributed by atoms with van der Waals surface area (Å²) >= 11 is 0. The van der Waals surface area contributed by atoms with Crippen molar-refractivity contribution in [3.8, 4) is 5.69 Å². The van der Waals surface area contributed by atoms with Crippen LogP contribution in [0.5, 0.6) is 0 Å². The fourth-order valence-corrected chi connectivity index (χ4v) is 4.07. The van der Waals surface area contributed by atoms with Gasteiger partial charge in [0.05, 0.1) is 16.6 Å². The number of halogens is 3. The van der Waals surface area contributed by atoms with Crippen LogP contribution in [0.4, 0.5) is 13.2 Å². The number of carbonyl (C=O) groups is 1. The molecule has 1 N–H and O–H groups in total. The van der Waals surface area contributed by atoms with Gasteiger partial charge in [-0.25, -0.2) is 4.98 Å². The van der Waals surface area contributed by atoms with Crippen LogP contribution in [0.3, 0.4) is 0 Å². The summed E-state index contributed by atoms with van der Waals surface area (Å²) in [7, 11) is 1.87. The maximum Gasteiger partial charge on any atom is 0.416 e. The third kappa shape index (κ3) is 3.68. The van der Waals surface area contributed by atoms with Crippen LogP contribution in [0.15, 0.2) is 67.0 Å². The van der Waals surface area contributed by atoms with E-state index >= 15 is 0 Å². The van der Waals surface area contributed by atoms with E-state index in [1.54, 1.807) is 30.6 Å². The maximum atomic E-state index is 13.1. The number of carbonyl (C=O) groups excluding carboxylic acids is 1. The molecule has 0 saturated heterocycles. The lowest BCUT2D eigenvalue weighted by molar-refractivity contribution is -0.137. The quantitative estimate of drug-likeness (QED) is 0.400. The Hall–Kier alpha value is -4.14. The van der Waals surface area contributed by atoms with Gasteiger partial charge in [-0.3, -0.25) is 14.3 Å². The smallest absolute Gasteiger partial charge is 0.348 e. The van der Waals surface area contributed by atoms with Crippen molar-refractivity contribution in [3.05, 3.63) is 89.5 Å². The second kappa shape index (κ2) is 8.02. The van der Waals surface area contributed by atoms with E-state index in [0.717, 1.165) is 39.9 Å². The predicted octanol–water partition coefficient (Wildman–Crippen LogP) is 5.17. The molecule has 6 nitrogen and oxygen atoms in total. The van der Waals surface area contributed by atoms with Crippen molar-refractivity contribution in [2.45, 2.75) is 19.6 Å². The Kier molecular flexibility index (Phi) is 5.11. The number of imidazole rings is 1. The molecule has 3 heterocycles. The lowest BCUT2D eigenvalue weighted by Gasteiger charge is -2.10. The SMILES string of the molecule is Cc1nc2c(c3cc(C(=O)NCc4ccncc4)ccc3n2-c2ccc(C(F)(F)F)cc2)n1C. The molecule has 9 heteroatoms. The molecule has 0 aliphatic carbocycles. The second-order valence-corrected chi connectivity index (χ2v) is 8.04. The van der Waals surface area contributed by atoms with Gasteiger partial charge in [0.2, 0.25) is 0 Å². The number of rotatable bonds is 4. The number of fused-ring (bicyclic) bond motifs is 3. The number of nitrogens with zero attached hydrogens (tertiary/aromatic N) is 4. The van der Waals surface area contributed by atoms with E-state index in [9.17, 15) is 18.0 Å². The Morgan fingerprint density at radius 1 is 1.03 bits per heavy atom. The van der Waals surface area contributed by atoms with Crippen molar-refractivity contribution in [3.63, 3.8) is 0 Å². The van der Waals surface area contributed by atoms with Gasteiger partial charge < -0.3 is 9.88 Å². The van der Waals surface area contributed by atoms with Gasteiger partial charge in [0.1, 0.15) is 5.82 Å². The summed E-state index contributed by atoms with van der Waals surface area (Å²) in [6.45, 7) is 2.22. The number of hydrogen-bond acceptors (Lipinski definition) is 3. The molecule has 0 fully saturated rings. The number of benzene rings is 2. The van der Waals surface area contributed by atoms with Crippen LogP contribution >= 0.6 is 0 Å². The Balaban J connectivity index is 1.59. The minimum Gasteiger partial charge on any atom is -0.348 e. The lowest BCUT2D eigenvalue weighted by Crippen LogP contribution is -2.22. The highest BCUT2D eigenvalue weighted by Crippen LogP contribution is 2.34. The van der Waals surface area contributed by atoms with Crippen molar-refractivity contribution < 1.29 is 18.0 Å². The van der Waals surface area contributed by atoms with Gasteiger partial charge in [-0.2, -0.15) is 13.2 Å². The molecule has 34 heavy (non-hydrogen) atoms. The summed E-state index contributed by atoms with van der Waals surface area (Å²) in [6, 6.07) is 13.9. The highest BCUT2D eigenvalue weighted by atomic mass is 19.4. The molecule has 1 amide bonds. The van der Waals surface area contributed by atoms with E-state index in [-0.39, 0.29) is 5.91 Å². The molecule has 0 radical (unpaired) electrons. The molecule has 0 aliphatic heterocycles. The Bertz CT molecular complexity index is 1520. The molecule has 172 valence electrons. The molecule has 0 saturated carbocycles. The zero-order valence-electron chi connectivity index (χ0n) is 18.4. The van der Waals surface area contributed by atoms with Gasteiger partial charge in [-0.05, 0) is 67.1 Å². The summed E-state index contributed by atoms with van der Waals surface area (Å²) < 4.78 is 42.9. The van der Waals surface area contributed by atoms with E-state index in [1.807, 2.05) is 35.2 Å². The van der Waals surface area contributed by atoms with Crippen LogP contribution in [0.2, 0.25) is 0 Å². The fourth-order valence-electron chi connectivity index (χ4n) is 4.07. The topological polar surface area (TPSA) is 64.7 Å². The number of hydrogen-bond donors (Lipinski definition) is 1. The molecular weight excluding hydrogens is 443 g/mol. The van der Waals surface area contributed by atoms with Crippen molar-refractivity contribution in [2.24, 2.45) is 7.05 Å². The second-order valence-electron chi connectivity index (χ2n) is 8.04. The van der Waals surface area contributed by atoms with Gasteiger partial charge in [0.25, 0.3) is 5.91 Å². The van der Waals surface area contributed by atoms with Crippen molar-refractivity contribution >= 4 is 28.0 Å². The van der Waals surface area contributed by atoms with Crippen LogP contribution < -0.4 is 5.32 Å². The zero-order valence-corrected chi connectivity index (χ0v) is 18.4. The first kappa shape index (κ1) is 21.7. The summed E-state index contributed by atoms with van der Waals surface area (Å²) in [5.41, 5.74) is 3.42. The van der Waals surface area contributed by atoms with Crippen LogP contribution in [0, 0.1) is 6.92 Å². The van der Waals surface area contributed by atoms with Gasteiger partial charge in [0.15, 0.2) is 5.65 Å². The standard InChI is InChI=1S/C25H20F3N5O/c1-15-31-23-22(32(15)2)20-13-17(24(34)30-14-16-9-11-29-12-10-16)3-8-21(20)33(23)19-6-4-18(5-7-19)25(26,27)28/h3-13H,14H2,1-2H3,(H,30,34). The number of aromatic nitrogens is 4. The number of pyridine rings is 1. The van der Waals surface area contributed by atoms with Gasteiger partial charge in [-0.15, -0.1) is 0 Å². The van der Waals surface area contributed by atoms with Crippen molar-refractivity contribution in [2.75, 3.05) is 0 Å². The normalized spacial score (nSPS) is 11.9. The summed E-state index contributed by atoms with van der Waals surface area (Å²) in [5.74, 6) is 0.521.